The van der Waals surface area contributed by atoms with Gasteiger partial charge in [0.05, 0.1) is 24.3 Å². The van der Waals surface area contributed by atoms with Gasteiger partial charge in [-0.2, -0.15) is 0 Å². The molecule has 0 fully saturated rings. The van der Waals surface area contributed by atoms with Crippen LogP contribution < -0.4 is 5.69 Å². The topological polar surface area (TPSA) is 52.2 Å². The molecule has 3 aromatic carbocycles. The Balaban J connectivity index is 1.52. The molecule has 1 aliphatic rings. The van der Waals surface area contributed by atoms with E-state index < -0.39 is 5.54 Å². The number of hydrogen-bond donors (Lipinski definition) is 0. The van der Waals surface area contributed by atoms with E-state index in [0.29, 0.717) is 36.0 Å². The van der Waals surface area contributed by atoms with Crippen molar-refractivity contribution in [2.75, 3.05) is 0 Å². The molecule has 0 radical (unpaired) electrons. The summed E-state index contributed by atoms with van der Waals surface area (Å²) in [5.74, 6) is 0. The lowest BCUT2D eigenvalue weighted by Crippen LogP contribution is -2.31. The Kier molecular flexibility index (Phi) is 8.47. The molecule has 1 atom stereocenters. The van der Waals surface area contributed by atoms with E-state index in [1.54, 1.807) is 18.5 Å². The standard InChI is InChI=1S/C34H28Cl2N4OS/c35-28-18-29(36)20-30(19-28)42-32-31(22-34(14-7-15-38-34)21-25-12-16-37-17-13-25)39(23-26-8-3-1-4-9-26)33(41)40(32)24-27-10-5-2-6-11-27/h1-20H,21-24H2. The van der Waals surface area contributed by atoms with E-state index in [2.05, 4.69) is 23.2 Å². The van der Waals surface area contributed by atoms with Gasteiger partial charge in [0, 0.05) is 46.4 Å². The lowest BCUT2D eigenvalue weighted by Gasteiger charge is -2.26. The maximum absolute atomic E-state index is 14.4. The first-order valence-electron chi connectivity index (χ1n) is 13.6. The predicted molar refractivity (Wildman–Crippen MR) is 172 cm³/mol. The van der Waals surface area contributed by atoms with Gasteiger partial charge in [0.15, 0.2) is 0 Å². The summed E-state index contributed by atoms with van der Waals surface area (Å²) in [5, 5.41) is 1.94. The number of imidazole rings is 1. The average Bonchev–Trinajstić information content (AvgIpc) is 3.53. The number of halogens is 2. The summed E-state index contributed by atoms with van der Waals surface area (Å²) >= 11 is 14.3. The van der Waals surface area contributed by atoms with Gasteiger partial charge in [0.25, 0.3) is 0 Å². The third-order valence-corrected chi connectivity index (χ3v) is 8.81. The zero-order chi connectivity index (χ0) is 28.9. The molecule has 0 amide bonds. The lowest BCUT2D eigenvalue weighted by molar-refractivity contribution is 0.507. The maximum atomic E-state index is 14.4. The maximum Gasteiger partial charge on any atom is 0.329 e. The first-order valence-corrected chi connectivity index (χ1v) is 15.2. The van der Waals surface area contributed by atoms with Crippen LogP contribution in [0, 0.1) is 0 Å². The molecule has 0 aliphatic carbocycles. The number of rotatable bonds is 10. The van der Waals surface area contributed by atoms with Gasteiger partial charge >= 0.3 is 5.69 Å². The minimum atomic E-state index is -0.549. The molecule has 0 bridgehead atoms. The molecule has 0 N–H and O–H groups in total. The van der Waals surface area contributed by atoms with Crippen LogP contribution in [0.15, 0.2) is 135 Å². The molecular weight excluding hydrogens is 583 g/mol. The fraction of sp³-hybridized carbons (Fsp3) is 0.147. The van der Waals surface area contributed by atoms with Gasteiger partial charge in [-0.3, -0.25) is 19.1 Å². The number of hydrogen-bond acceptors (Lipinski definition) is 4. The highest BCUT2D eigenvalue weighted by molar-refractivity contribution is 7.99. The van der Waals surface area contributed by atoms with E-state index in [-0.39, 0.29) is 5.69 Å². The monoisotopic (exact) mass is 610 g/mol. The van der Waals surface area contributed by atoms with Crippen LogP contribution in [-0.4, -0.2) is 25.9 Å². The van der Waals surface area contributed by atoms with Crippen LogP contribution in [0.5, 0.6) is 0 Å². The van der Waals surface area contributed by atoms with E-state index in [9.17, 15) is 4.79 Å². The van der Waals surface area contributed by atoms with Gasteiger partial charge in [-0.15, -0.1) is 0 Å². The van der Waals surface area contributed by atoms with Gasteiger partial charge in [-0.1, -0.05) is 102 Å². The van der Waals surface area contributed by atoms with Crippen molar-refractivity contribution in [3.63, 3.8) is 0 Å². The molecule has 1 aliphatic heterocycles. The second-order valence-corrected chi connectivity index (χ2v) is 12.3. The van der Waals surface area contributed by atoms with Crippen molar-refractivity contribution in [3.05, 3.63) is 158 Å². The van der Waals surface area contributed by atoms with E-state index >= 15 is 0 Å². The number of aromatic nitrogens is 3. The number of allylic oxidation sites excluding steroid dienone is 1. The van der Waals surface area contributed by atoms with Crippen molar-refractivity contribution in [2.24, 2.45) is 4.99 Å². The van der Waals surface area contributed by atoms with Crippen molar-refractivity contribution < 1.29 is 0 Å². The quantitative estimate of drug-likeness (QED) is 0.162. The van der Waals surface area contributed by atoms with Gasteiger partial charge in [-0.25, -0.2) is 4.79 Å². The second-order valence-electron chi connectivity index (χ2n) is 10.3. The summed E-state index contributed by atoms with van der Waals surface area (Å²) in [7, 11) is 0. The highest BCUT2D eigenvalue weighted by Crippen LogP contribution is 2.37. The van der Waals surface area contributed by atoms with Crippen LogP contribution in [0.2, 0.25) is 10.0 Å². The van der Waals surface area contributed by atoms with E-state index in [0.717, 1.165) is 32.3 Å². The molecular formula is C34H28Cl2N4OS. The van der Waals surface area contributed by atoms with Gasteiger partial charge in [-0.05, 0) is 53.1 Å². The molecule has 5 nitrogen and oxygen atoms in total. The smallest absolute Gasteiger partial charge is 0.291 e. The highest BCUT2D eigenvalue weighted by Gasteiger charge is 2.34. The Hall–Kier alpha value is -3.84. The molecule has 0 saturated heterocycles. The van der Waals surface area contributed by atoms with Crippen molar-refractivity contribution in [2.45, 2.75) is 41.4 Å². The second kappa shape index (κ2) is 12.6. The number of nitrogens with zero attached hydrogens (tertiary/aromatic N) is 4. The predicted octanol–water partition coefficient (Wildman–Crippen LogP) is 7.76. The number of pyridine rings is 1. The summed E-state index contributed by atoms with van der Waals surface area (Å²) in [6.45, 7) is 0.876. The first-order chi connectivity index (χ1) is 20.5. The minimum Gasteiger partial charge on any atom is -0.291 e. The Morgan fingerprint density at radius 3 is 1.95 bits per heavy atom. The van der Waals surface area contributed by atoms with Gasteiger partial charge in [0.1, 0.15) is 5.03 Å². The molecule has 0 spiro atoms. The molecule has 6 rings (SSSR count). The summed E-state index contributed by atoms with van der Waals surface area (Å²) in [6, 6.07) is 29.7. The third-order valence-electron chi connectivity index (χ3n) is 7.25. The molecule has 210 valence electrons. The lowest BCUT2D eigenvalue weighted by atomic mass is 9.87. The van der Waals surface area contributed by atoms with Gasteiger partial charge < -0.3 is 0 Å². The first kappa shape index (κ1) is 28.3. The Morgan fingerprint density at radius 1 is 0.738 bits per heavy atom. The normalized spacial score (nSPS) is 15.9. The van der Waals surface area contributed by atoms with E-state index in [1.165, 1.54) is 11.8 Å². The third kappa shape index (κ3) is 6.46. The van der Waals surface area contributed by atoms with Crippen LogP contribution in [-0.2, 0) is 25.9 Å². The molecule has 3 heterocycles. The molecule has 0 saturated carbocycles. The highest BCUT2D eigenvalue weighted by atomic mass is 35.5. The van der Waals surface area contributed by atoms with Crippen LogP contribution in [0.4, 0.5) is 0 Å². The van der Waals surface area contributed by atoms with Crippen molar-refractivity contribution in [1.82, 2.24) is 14.1 Å². The zero-order valence-corrected chi connectivity index (χ0v) is 25.1. The molecule has 42 heavy (non-hydrogen) atoms. The summed E-state index contributed by atoms with van der Waals surface area (Å²) in [4.78, 5) is 24.4. The number of aliphatic imine (C=N–C) groups is 1. The molecule has 8 heteroatoms. The average molecular weight is 612 g/mol. The fourth-order valence-electron chi connectivity index (χ4n) is 5.31. The fourth-order valence-corrected chi connectivity index (χ4v) is 7.11. The van der Waals surface area contributed by atoms with Crippen LogP contribution in [0.25, 0.3) is 0 Å². The summed E-state index contributed by atoms with van der Waals surface area (Å²) in [5.41, 5.74) is 3.52. The summed E-state index contributed by atoms with van der Waals surface area (Å²) < 4.78 is 3.78. The van der Waals surface area contributed by atoms with Crippen molar-refractivity contribution >= 4 is 41.2 Å². The summed E-state index contributed by atoms with van der Waals surface area (Å²) in [6.07, 6.45) is 10.8. The van der Waals surface area contributed by atoms with Gasteiger partial charge in [0.2, 0.25) is 0 Å². The van der Waals surface area contributed by atoms with E-state index in [1.807, 2.05) is 94.2 Å². The Labute approximate surface area is 259 Å². The van der Waals surface area contributed by atoms with Crippen LogP contribution in [0.1, 0.15) is 22.4 Å². The zero-order valence-electron chi connectivity index (χ0n) is 22.7. The minimum absolute atomic E-state index is 0.0710. The Bertz CT molecular complexity index is 1770. The SMILES string of the molecule is O=c1n(Cc2ccccc2)c(CC2(Cc3ccncc3)C=CC=N2)c(Sc2cc(Cl)cc(Cl)c2)n1Cc1ccccc1. The van der Waals surface area contributed by atoms with Crippen LogP contribution >= 0.6 is 35.0 Å². The van der Waals surface area contributed by atoms with Crippen molar-refractivity contribution in [1.29, 1.82) is 0 Å². The van der Waals surface area contributed by atoms with Crippen LogP contribution in [0.3, 0.4) is 0 Å². The molecule has 1 unspecified atom stereocenters. The number of benzene rings is 3. The molecule has 5 aromatic rings. The largest absolute Gasteiger partial charge is 0.329 e. The Morgan fingerprint density at radius 2 is 1.36 bits per heavy atom. The van der Waals surface area contributed by atoms with Crippen molar-refractivity contribution in [3.8, 4) is 0 Å². The molecule has 2 aromatic heterocycles. The van der Waals surface area contributed by atoms with E-state index in [4.69, 9.17) is 28.2 Å².